The average molecular weight is 198 g/mol. The van der Waals surface area contributed by atoms with Crippen LogP contribution in [-0.4, -0.2) is 19.8 Å². The molecular formula is C12H22O2. The highest BCUT2D eigenvalue weighted by molar-refractivity contribution is 4.88. The summed E-state index contributed by atoms with van der Waals surface area (Å²) in [6.07, 6.45) is 5.40. The van der Waals surface area contributed by atoms with Crippen molar-refractivity contribution in [1.82, 2.24) is 0 Å². The van der Waals surface area contributed by atoms with E-state index in [-0.39, 0.29) is 5.41 Å². The number of rotatable bonds is 4. The smallest absolute Gasteiger partial charge is 0.0951 e. The van der Waals surface area contributed by atoms with Crippen molar-refractivity contribution in [2.45, 2.75) is 40.0 Å². The van der Waals surface area contributed by atoms with Gasteiger partial charge >= 0.3 is 0 Å². The Morgan fingerprint density at radius 1 is 1.50 bits per heavy atom. The van der Waals surface area contributed by atoms with Gasteiger partial charge in [0, 0.05) is 12.0 Å². The Hall–Kier alpha value is -0.500. The van der Waals surface area contributed by atoms with Gasteiger partial charge in [0.15, 0.2) is 0 Å². The zero-order chi connectivity index (χ0) is 10.4. The van der Waals surface area contributed by atoms with Crippen LogP contribution in [-0.2, 0) is 9.47 Å². The van der Waals surface area contributed by atoms with E-state index in [0.717, 1.165) is 26.2 Å². The lowest BCUT2D eigenvalue weighted by Crippen LogP contribution is -2.35. The molecule has 0 amide bonds. The molecule has 0 saturated carbocycles. The molecule has 1 heterocycles. The van der Waals surface area contributed by atoms with E-state index in [9.17, 15) is 0 Å². The molecule has 0 aromatic carbocycles. The van der Waals surface area contributed by atoms with E-state index in [1.54, 1.807) is 0 Å². The first kappa shape index (κ1) is 11.6. The fraction of sp³-hybridized carbons (Fsp3) is 0.833. The first-order valence-corrected chi connectivity index (χ1v) is 5.51. The van der Waals surface area contributed by atoms with Gasteiger partial charge in [-0.2, -0.15) is 0 Å². The summed E-state index contributed by atoms with van der Waals surface area (Å²) in [5.74, 6) is 0. The molecule has 82 valence electrons. The SMILES string of the molecule is CCC1(COC=C(C)C)CCCOC1. The summed E-state index contributed by atoms with van der Waals surface area (Å²) in [6, 6.07) is 0. The predicted octanol–water partition coefficient (Wildman–Crippen LogP) is 3.13. The van der Waals surface area contributed by atoms with Gasteiger partial charge in [-0.1, -0.05) is 6.92 Å². The third kappa shape index (κ3) is 3.33. The Bertz CT molecular complexity index is 186. The van der Waals surface area contributed by atoms with Crippen LogP contribution in [0, 0.1) is 5.41 Å². The lowest BCUT2D eigenvalue weighted by molar-refractivity contribution is -0.0435. The molecule has 1 rings (SSSR count). The molecule has 2 nitrogen and oxygen atoms in total. The van der Waals surface area contributed by atoms with Crippen molar-refractivity contribution >= 4 is 0 Å². The molecular weight excluding hydrogens is 176 g/mol. The molecule has 0 aromatic heterocycles. The second-order valence-electron chi connectivity index (χ2n) is 4.52. The van der Waals surface area contributed by atoms with Crippen molar-refractivity contribution in [3.8, 4) is 0 Å². The molecule has 1 unspecified atom stereocenters. The topological polar surface area (TPSA) is 18.5 Å². The van der Waals surface area contributed by atoms with Crippen LogP contribution in [0.3, 0.4) is 0 Å². The van der Waals surface area contributed by atoms with E-state index in [0.29, 0.717) is 0 Å². The van der Waals surface area contributed by atoms with E-state index in [1.807, 2.05) is 6.26 Å². The number of ether oxygens (including phenoxy) is 2. The minimum Gasteiger partial charge on any atom is -0.501 e. The molecule has 14 heavy (non-hydrogen) atoms. The quantitative estimate of drug-likeness (QED) is 0.646. The number of hydrogen-bond acceptors (Lipinski definition) is 2. The normalized spacial score (nSPS) is 27.1. The Kier molecular flexibility index (Phi) is 4.46. The van der Waals surface area contributed by atoms with Crippen LogP contribution in [0.4, 0.5) is 0 Å². The van der Waals surface area contributed by atoms with Gasteiger partial charge in [-0.3, -0.25) is 0 Å². The Morgan fingerprint density at radius 2 is 2.29 bits per heavy atom. The highest BCUT2D eigenvalue weighted by Crippen LogP contribution is 2.32. The summed E-state index contributed by atoms with van der Waals surface area (Å²) in [7, 11) is 0. The first-order chi connectivity index (χ1) is 6.68. The van der Waals surface area contributed by atoms with Crippen LogP contribution in [0.25, 0.3) is 0 Å². The molecule has 0 N–H and O–H groups in total. The maximum Gasteiger partial charge on any atom is 0.0951 e. The van der Waals surface area contributed by atoms with Gasteiger partial charge < -0.3 is 9.47 Å². The van der Waals surface area contributed by atoms with Crippen molar-refractivity contribution in [2.75, 3.05) is 19.8 Å². The highest BCUT2D eigenvalue weighted by atomic mass is 16.5. The van der Waals surface area contributed by atoms with Gasteiger partial charge in [0.25, 0.3) is 0 Å². The van der Waals surface area contributed by atoms with Gasteiger partial charge in [0.1, 0.15) is 0 Å². The molecule has 0 aromatic rings. The Labute approximate surface area is 87.3 Å². The maximum atomic E-state index is 5.59. The molecule has 2 heteroatoms. The maximum absolute atomic E-state index is 5.59. The molecule has 1 aliphatic rings. The van der Waals surface area contributed by atoms with Gasteiger partial charge in [0.2, 0.25) is 0 Å². The fourth-order valence-corrected chi connectivity index (χ4v) is 1.79. The van der Waals surface area contributed by atoms with Crippen molar-refractivity contribution in [3.63, 3.8) is 0 Å². The van der Waals surface area contributed by atoms with E-state index < -0.39 is 0 Å². The third-order valence-corrected chi connectivity index (χ3v) is 2.86. The number of allylic oxidation sites excluding steroid dienone is 1. The van der Waals surface area contributed by atoms with Gasteiger partial charge in [-0.15, -0.1) is 0 Å². The third-order valence-electron chi connectivity index (χ3n) is 2.86. The fourth-order valence-electron chi connectivity index (χ4n) is 1.79. The Balaban J connectivity index is 2.40. The lowest BCUT2D eigenvalue weighted by atomic mass is 9.81. The van der Waals surface area contributed by atoms with E-state index in [4.69, 9.17) is 9.47 Å². The molecule has 1 atom stereocenters. The summed E-state index contributed by atoms with van der Waals surface area (Å²) in [5.41, 5.74) is 1.48. The molecule has 1 fully saturated rings. The largest absolute Gasteiger partial charge is 0.501 e. The minimum atomic E-state index is 0.268. The first-order valence-electron chi connectivity index (χ1n) is 5.51. The second-order valence-corrected chi connectivity index (χ2v) is 4.52. The second kappa shape index (κ2) is 5.40. The summed E-state index contributed by atoms with van der Waals surface area (Å²) in [6.45, 7) is 8.91. The Morgan fingerprint density at radius 3 is 2.79 bits per heavy atom. The van der Waals surface area contributed by atoms with Crippen LogP contribution < -0.4 is 0 Å². The van der Waals surface area contributed by atoms with E-state index in [1.165, 1.54) is 18.4 Å². The average Bonchev–Trinajstić information content (AvgIpc) is 2.19. The molecule has 0 radical (unpaired) electrons. The van der Waals surface area contributed by atoms with Gasteiger partial charge in [-0.25, -0.2) is 0 Å². The molecule has 0 aliphatic carbocycles. The van der Waals surface area contributed by atoms with Crippen molar-refractivity contribution < 1.29 is 9.47 Å². The van der Waals surface area contributed by atoms with Crippen molar-refractivity contribution in [2.24, 2.45) is 5.41 Å². The van der Waals surface area contributed by atoms with Crippen molar-refractivity contribution in [3.05, 3.63) is 11.8 Å². The predicted molar refractivity (Wildman–Crippen MR) is 58.2 cm³/mol. The molecule has 0 spiro atoms. The van der Waals surface area contributed by atoms with Crippen LogP contribution >= 0.6 is 0 Å². The standard InChI is InChI=1S/C12H22O2/c1-4-12(6-5-7-13-9-12)10-14-8-11(2)3/h8H,4-7,9-10H2,1-3H3. The van der Waals surface area contributed by atoms with Crippen LogP contribution in [0.1, 0.15) is 40.0 Å². The summed E-state index contributed by atoms with van der Waals surface area (Å²) in [4.78, 5) is 0. The van der Waals surface area contributed by atoms with Gasteiger partial charge in [0.05, 0.1) is 19.5 Å². The van der Waals surface area contributed by atoms with Gasteiger partial charge in [-0.05, 0) is 38.7 Å². The van der Waals surface area contributed by atoms with Crippen LogP contribution in [0.15, 0.2) is 11.8 Å². The van der Waals surface area contributed by atoms with E-state index >= 15 is 0 Å². The molecule has 0 bridgehead atoms. The summed E-state index contributed by atoms with van der Waals surface area (Å²) >= 11 is 0. The molecule has 1 saturated heterocycles. The van der Waals surface area contributed by atoms with Crippen LogP contribution in [0.5, 0.6) is 0 Å². The molecule has 1 aliphatic heterocycles. The monoisotopic (exact) mass is 198 g/mol. The zero-order valence-electron chi connectivity index (χ0n) is 9.64. The number of hydrogen-bond donors (Lipinski definition) is 0. The van der Waals surface area contributed by atoms with Crippen molar-refractivity contribution in [1.29, 1.82) is 0 Å². The van der Waals surface area contributed by atoms with E-state index in [2.05, 4.69) is 20.8 Å². The van der Waals surface area contributed by atoms with Crippen LogP contribution in [0.2, 0.25) is 0 Å². The lowest BCUT2D eigenvalue weighted by Gasteiger charge is -2.35. The zero-order valence-corrected chi connectivity index (χ0v) is 9.64. The highest BCUT2D eigenvalue weighted by Gasteiger charge is 2.31. The minimum absolute atomic E-state index is 0.268. The summed E-state index contributed by atoms with van der Waals surface area (Å²) in [5, 5.41) is 0. The summed E-state index contributed by atoms with van der Waals surface area (Å²) < 4.78 is 11.1.